The molecule has 74 valence electrons. The zero-order valence-corrected chi connectivity index (χ0v) is 9.21. The van der Waals surface area contributed by atoms with Crippen LogP contribution in [0.1, 0.15) is 5.69 Å². The summed E-state index contributed by atoms with van der Waals surface area (Å²) in [5.74, 6) is 0. The Kier molecular flexibility index (Phi) is 3.71. The van der Waals surface area contributed by atoms with Crippen LogP contribution in [0.5, 0.6) is 0 Å². The normalized spacial score (nSPS) is 9.29. The van der Waals surface area contributed by atoms with Crippen LogP contribution in [-0.2, 0) is 4.79 Å². The smallest absolute Gasteiger partial charge is 0.290 e. The van der Waals surface area contributed by atoms with E-state index in [0.717, 1.165) is 4.47 Å². The standard InChI is InChI=1S/C9H8BrN.CH2O2/c1-6-4-7-2-3-8(10)5-9(7)11-6;2-1-3/h2-5,11H,1H3;1H,(H,2,3). The number of hydrogen-bond acceptors (Lipinski definition) is 1. The Balaban J connectivity index is 0.000000293. The second kappa shape index (κ2) is 4.81. The van der Waals surface area contributed by atoms with Gasteiger partial charge in [0.1, 0.15) is 0 Å². The fraction of sp³-hybridized carbons (Fsp3) is 0.100. The van der Waals surface area contributed by atoms with E-state index >= 15 is 0 Å². The van der Waals surface area contributed by atoms with E-state index in [2.05, 4.69) is 52.1 Å². The topological polar surface area (TPSA) is 53.1 Å². The molecule has 0 aliphatic heterocycles. The van der Waals surface area contributed by atoms with Crippen LogP contribution in [-0.4, -0.2) is 16.6 Å². The van der Waals surface area contributed by atoms with Gasteiger partial charge < -0.3 is 10.1 Å². The molecule has 2 aromatic rings. The van der Waals surface area contributed by atoms with Crippen molar-refractivity contribution < 1.29 is 9.90 Å². The van der Waals surface area contributed by atoms with Crippen LogP contribution in [0.4, 0.5) is 0 Å². The largest absolute Gasteiger partial charge is 0.483 e. The van der Waals surface area contributed by atoms with E-state index in [9.17, 15) is 0 Å². The minimum atomic E-state index is -0.250. The average molecular weight is 256 g/mol. The van der Waals surface area contributed by atoms with Crippen LogP contribution >= 0.6 is 15.9 Å². The molecule has 0 unspecified atom stereocenters. The van der Waals surface area contributed by atoms with E-state index in [1.54, 1.807) is 0 Å². The fourth-order valence-corrected chi connectivity index (χ4v) is 1.61. The number of fused-ring (bicyclic) bond motifs is 1. The summed E-state index contributed by atoms with van der Waals surface area (Å²) in [5, 5.41) is 8.16. The lowest BCUT2D eigenvalue weighted by Gasteiger charge is -1.89. The molecule has 1 aromatic carbocycles. The van der Waals surface area contributed by atoms with Crippen LogP contribution in [0.25, 0.3) is 10.9 Å². The highest BCUT2D eigenvalue weighted by molar-refractivity contribution is 9.10. The minimum absolute atomic E-state index is 0.250. The molecule has 0 aliphatic carbocycles. The molecule has 3 nitrogen and oxygen atoms in total. The van der Waals surface area contributed by atoms with Crippen molar-refractivity contribution in [2.45, 2.75) is 6.92 Å². The highest BCUT2D eigenvalue weighted by atomic mass is 79.9. The lowest BCUT2D eigenvalue weighted by Crippen LogP contribution is -1.67. The number of nitrogens with one attached hydrogen (secondary N) is 1. The maximum absolute atomic E-state index is 8.36. The van der Waals surface area contributed by atoms with Gasteiger partial charge in [0, 0.05) is 15.7 Å². The van der Waals surface area contributed by atoms with Crippen LogP contribution in [0.2, 0.25) is 0 Å². The van der Waals surface area contributed by atoms with Gasteiger partial charge in [-0.3, -0.25) is 4.79 Å². The van der Waals surface area contributed by atoms with Gasteiger partial charge in [-0.25, -0.2) is 0 Å². The summed E-state index contributed by atoms with van der Waals surface area (Å²) in [4.78, 5) is 11.6. The number of aromatic amines is 1. The number of aryl methyl sites for hydroxylation is 1. The number of aromatic nitrogens is 1. The summed E-state index contributed by atoms with van der Waals surface area (Å²) in [6, 6.07) is 8.38. The van der Waals surface area contributed by atoms with Gasteiger partial charge in [0.15, 0.2) is 0 Å². The molecule has 0 bridgehead atoms. The van der Waals surface area contributed by atoms with Crippen LogP contribution < -0.4 is 0 Å². The highest BCUT2D eigenvalue weighted by Crippen LogP contribution is 2.19. The Morgan fingerprint density at radius 1 is 1.43 bits per heavy atom. The van der Waals surface area contributed by atoms with Crippen molar-refractivity contribution in [1.82, 2.24) is 4.98 Å². The van der Waals surface area contributed by atoms with Gasteiger partial charge in [-0.15, -0.1) is 0 Å². The van der Waals surface area contributed by atoms with E-state index in [-0.39, 0.29) is 6.47 Å². The number of rotatable bonds is 0. The zero-order valence-electron chi connectivity index (χ0n) is 7.62. The first-order chi connectivity index (χ1) is 6.67. The quantitative estimate of drug-likeness (QED) is 0.712. The molecule has 0 saturated carbocycles. The Morgan fingerprint density at radius 2 is 2.07 bits per heavy atom. The molecular formula is C10H10BrNO2. The molecule has 2 N–H and O–H groups in total. The average Bonchev–Trinajstić information content (AvgIpc) is 2.45. The summed E-state index contributed by atoms with van der Waals surface area (Å²) in [5.41, 5.74) is 2.40. The van der Waals surface area contributed by atoms with E-state index in [1.165, 1.54) is 16.6 Å². The molecule has 1 heterocycles. The van der Waals surface area contributed by atoms with E-state index in [1.807, 2.05) is 0 Å². The summed E-state index contributed by atoms with van der Waals surface area (Å²) < 4.78 is 1.12. The Labute approximate surface area is 89.9 Å². The molecule has 0 atom stereocenters. The lowest BCUT2D eigenvalue weighted by atomic mass is 10.2. The molecule has 14 heavy (non-hydrogen) atoms. The maximum Gasteiger partial charge on any atom is 0.290 e. The molecule has 0 radical (unpaired) electrons. The van der Waals surface area contributed by atoms with Crippen molar-refractivity contribution in [3.05, 3.63) is 34.4 Å². The molecule has 0 amide bonds. The van der Waals surface area contributed by atoms with E-state index in [0.29, 0.717) is 0 Å². The number of halogens is 1. The predicted molar refractivity (Wildman–Crippen MR) is 59.4 cm³/mol. The van der Waals surface area contributed by atoms with Crippen LogP contribution in [0.15, 0.2) is 28.7 Å². The molecule has 2 rings (SSSR count). The molecule has 0 saturated heterocycles. The molecule has 0 fully saturated rings. The Hall–Kier alpha value is -1.29. The summed E-state index contributed by atoms with van der Waals surface area (Å²) in [7, 11) is 0. The SMILES string of the molecule is Cc1cc2ccc(Br)cc2[nH]1.O=CO. The number of H-pyrrole nitrogens is 1. The second-order valence-corrected chi connectivity index (χ2v) is 3.71. The number of carboxylic acid groups (broad SMARTS) is 1. The first-order valence-electron chi connectivity index (χ1n) is 4.00. The Morgan fingerprint density at radius 3 is 2.71 bits per heavy atom. The minimum Gasteiger partial charge on any atom is -0.483 e. The highest BCUT2D eigenvalue weighted by Gasteiger charge is 1.95. The third-order valence-corrected chi connectivity index (χ3v) is 2.21. The predicted octanol–water partition coefficient (Wildman–Crippen LogP) is 2.94. The monoisotopic (exact) mass is 255 g/mol. The number of hydrogen-bond donors (Lipinski definition) is 2. The van der Waals surface area contributed by atoms with E-state index in [4.69, 9.17) is 9.90 Å². The third kappa shape index (κ3) is 2.60. The number of carbonyl (C=O) groups is 1. The van der Waals surface area contributed by atoms with Crippen molar-refractivity contribution >= 4 is 33.3 Å². The fourth-order valence-electron chi connectivity index (χ4n) is 1.24. The summed E-state index contributed by atoms with van der Waals surface area (Å²) >= 11 is 3.42. The van der Waals surface area contributed by atoms with Gasteiger partial charge in [-0.05, 0) is 30.5 Å². The van der Waals surface area contributed by atoms with Crippen LogP contribution in [0, 0.1) is 6.92 Å². The third-order valence-electron chi connectivity index (χ3n) is 1.72. The Bertz CT molecular complexity index is 437. The van der Waals surface area contributed by atoms with Crippen LogP contribution in [0.3, 0.4) is 0 Å². The van der Waals surface area contributed by atoms with Gasteiger partial charge in [-0.2, -0.15) is 0 Å². The number of benzene rings is 1. The molecule has 0 spiro atoms. The molecular weight excluding hydrogens is 246 g/mol. The summed E-state index contributed by atoms with van der Waals surface area (Å²) in [6.07, 6.45) is 0. The second-order valence-electron chi connectivity index (χ2n) is 2.79. The van der Waals surface area contributed by atoms with Gasteiger partial charge >= 0.3 is 0 Å². The van der Waals surface area contributed by atoms with Gasteiger partial charge in [0.05, 0.1) is 0 Å². The first kappa shape index (κ1) is 10.8. The van der Waals surface area contributed by atoms with Crippen molar-refractivity contribution in [1.29, 1.82) is 0 Å². The molecule has 0 aliphatic rings. The van der Waals surface area contributed by atoms with Crippen molar-refractivity contribution in [3.8, 4) is 0 Å². The zero-order chi connectivity index (χ0) is 10.6. The summed E-state index contributed by atoms with van der Waals surface area (Å²) in [6.45, 7) is 1.81. The molecule has 4 heteroatoms. The van der Waals surface area contributed by atoms with Gasteiger partial charge in [0.2, 0.25) is 0 Å². The van der Waals surface area contributed by atoms with Crippen molar-refractivity contribution in [2.24, 2.45) is 0 Å². The van der Waals surface area contributed by atoms with E-state index < -0.39 is 0 Å². The molecule has 1 aromatic heterocycles. The lowest BCUT2D eigenvalue weighted by molar-refractivity contribution is -0.122. The van der Waals surface area contributed by atoms with Crippen molar-refractivity contribution in [3.63, 3.8) is 0 Å². The first-order valence-corrected chi connectivity index (χ1v) is 4.79. The van der Waals surface area contributed by atoms with Crippen molar-refractivity contribution in [2.75, 3.05) is 0 Å². The maximum atomic E-state index is 8.36. The van der Waals surface area contributed by atoms with Gasteiger partial charge in [-0.1, -0.05) is 22.0 Å². The van der Waals surface area contributed by atoms with Gasteiger partial charge in [0.25, 0.3) is 6.47 Å².